The van der Waals surface area contributed by atoms with E-state index in [1.165, 1.54) is 6.07 Å². The molecule has 3 nitrogen and oxygen atoms in total. The summed E-state index contributed by atoms with van der Waals surface area (Å²) in [6, 6.07) is 5.08. The molecule has 6 heteroatoms. The largest absolute Gasteiger partial charge is 0.416 e. The Bertz CT molecular complexity index is 534. The molecule has 114 valence electrons. The number of rotatable bonds is 3. The minimum Gasteiger partial charge on any atom is -0.384 e. The van der Waals surface area contributed by atoms with Crippen molar-refractivity contribution in [1.29, 1.82) is 5.26 Å². The standard InChI is InChI=1S/C15H18F3N3/c1-21-6-2-3-11(10-21)9-20-14-5-4-13(15(16,17)18)7-12(14)8-19/h4-5,7,11,20H,2-3,6,9-10H2,1H3. The lowest BCUT2D eigenvalue weighted by molar-refractivity contribution is -0.137. The number of nitrogens with zero attached hydrogens (tertiary/aromatic N) is 2. The van der Waals surface area contributed by atoms with Crippen LogP contribution in [0.3, 0.4) is 0 Å². The van der Waals surface area contributed by atoms with E-state index in [1.807, 2.05) is 6.07 Å². The van der Waals surface area contributed by atoms with Crippen LogP contribution in [0.15, 0.2) is 18.2 Å². The van der Waals surface area contributed by atoms with Crippen LogP contribution < -0.4 is 5.32 Å². The molecule has 1 aromatic carbocycles. The van der Waals surface area contributed by atoms with Gasteiger partial charge in [-0.2, -0.15) is 18.4 Å². The molecule has 2 rings (SSSR count). The SMILES string of the molecule is CN1CCCC(CNc2ccc(C(F)(F)F)cc2C#N)C1. The molecule has 1 unspecified atom stereocenters. The van der Waals surface area contributed by atoms with Gasteiger partial charge in [-0.15, -0.1) is 0 Å². The van der Waals surface area contributed by atoms with Crippen LogP contribution in [0.1, 0.15) is 24.0 Å². The van der Waals surface area contributed by atoms with E-state index in [-0.39, 0.29) is 5.56 Å². The monoisotopic (exact) mass is 297 g/mol. The number of hydrogen-bond donors (Lipinski definition) is 1. The van der Waals surface area contributed by atoms with Crippen LogP contribution in [-0.2, 0) is 6.18 Å². The highest BCUT2D eigenvalue weighted by atomic mass is 19.4. The van der Waals surface area contributed by atoms with Crippen molar-refractivity contribution in [3.8, 4) is 6.07 Å². The van der Waals surface area contributed by atoms with Crippen molar-refractivity contribution in [1.82, 2.24) is 4.90 Å². The van der Waals surface area contributed by atoms with Crippen molar-refractivity contribution >= 4 is 5.69 Å². The van der Waals surface area contributed by atoms with Crippen LogP contribution in [-0.4, -0.2) is 31.6 Å². The van der Waals surface area contributed by atoms with E-state index in [1.54, 1.807) is 0 Å². The van der Waals surface area contributed by atoms with E-state index in [4.69, 9.17) is 5.26 Å². The predicted octanol–water partition coefficient (Wildman–Crippen LogP) is 3.33. The number of likely N-dealkylation sites (tertiary alicyclic amines) is 1. The molecule has 1 N–H and O–H groups in total. The zero-order valence-electron chi connectivity index (χ0n) is 11.9. The molecule has 21 heavy (non-hydrogen) atoms. The van der Waals surface area contributed by atoms with Gasteiger partial charge in [0.15, 0.2) is 0 Å². The summed E-state index contributed by atoms with van der Waals surface area (Å²) in [5.74, 6) is 0.456. The molecular formula is C15H18F3N3. The lowest BCUT2D eigenvalue weighted by Crippen LogP contribution is -2.35. The first-order chi connectivity index (χ1) is 9.90. The predicted molar refractivity (Wildman–Crippen MR) is 74.9 cm³/mol. The Hall–Kier alpha value is -1.74. The van der Waals surface area contributed by atoms with Crippen molar-refractivity contribution in [2.24, 2.45) is 5.92 Å². The normalized spacial score (nSPS) is 20.0. The second kappa shape index (κ2) is 6.35. The topological polar surface area (TPSA) is 39.1 Å². The molecule has 0 amide bonds. The third kappa shape index (κ3) is 4.11. The van der Waals surface area contributed by atoms with Crippen LogP contribution in [0, 0.1) is 17.2 Å². The van der Waals surface area contributed by atoms with Gasteiger partial charge in [-0.1, -0.05) is 0 Å². The third-order valence-electron chi connectivity index (χ3n) is 3.77. The van der Waals surface area contributed by atoms with Gasteiger partial charge in [-0.25, -0.2) is 0 Å². The highest BCUT2D eigenvalue weighted by Gasteiger charge is 2.31. The molecule has 1 aliphatic rings. The highest BCUT2D eigenvalue weighted by Crippen LogP contribution is 2.31. The van der Waals surface area contributed by atoms with E-state index in [9.17, 15) is 13.2 Å². The van der Waals surface area contributed by atoms with Crippen LogP contribution in [0.5, 0.6) is 0 Å². The van der Waals surface area contributed by atoms with Crippen molar-refractivity contribution in [2.75, 3.05) is 32.0 Å². The minimum absolute atomic E-state index is 0.0361. The van der Waals surface area contributed by atoms with Gasteiger partial charge in [-0.3, -0.25) is 0 Å². The van der Waals surface area contributed by atoms with Crippen molar-refractivity contribution in [2.45, 2.75) is 19.0 Å². The molecule has 0 spiro atoms. The minimum atomic E-state index is -4.42. The lowest BCUT2D eigenvalue weighted by atomic mass is 9.98. The Kier molecular flexibility index (Phi) is 4.73. The first kappa shape index (κ1) is 15.6. The number of nitrogens with one attached hydrogen (secondary N) is 1. The maximum atomic E-state index is 12.6. The Balaban J connectivity index is 2.05. The van der Waals surface area contributed by atoms with E-state index in [2.05, 4.69) is 17.3 Å². The number of benzene rings is 1. The summed E-state index contributed by atoms with van der Waals surface area (Å²) in [5.41, 5.74) is -0.283. The molecule has 1 fully saturated rings. The van der Waals surface area contributed by atoms with Gasteiger partial charge in [-0.05, 0) is 50.6 Å². The Morgan fingerprint density at radius 2 is 2.19 bits per heavy atom. The number of piperidine rings is 1. The van der Waals surface area contributed by atoms with Crippen LogP contribution in [0.2, 0.25) is 0 Å². The molecule has 1 atom stereocenters. The van der Waals surface area contributed by atoms with Gasteiger partial charge in [0.2, 0.25) is 0 Å². The average Bonchev–Trinajstić information content (AvgIpc) is 2.44. The lowest BCUT2D eigenvalue weighted by Gasteiger charge is -2.30. The zero-order chi connectivity index (χ0) is 15.5. The molecule has 0 aliphatic carbocycles. The van der Waals surface area contributed by atoms with Crippen molar-refractivity contribution in [3.05, 3.63) is 29.3 Å². The number of alkyl halides is 3. The average molecular weight is 297 g/mol. The summed E-state index contributed by atoms with van der Waals surface area (Å²) < 4.78 is 37.9. The molecule has 0 aromatic heterocycles. The number of anilines is 1. The van der Waals surface area contributed by atoms with Crippen molar-refractivity contribution in [3.63, 3.8) is 0 Å². The quantitative estimate of drug-likeness (QED) is 0.930. The van der Waals surface area contributed by atoms with Gasteiger partial charge >= 0.3 is 6.18 Å². The second-order valence-corrected chi connectivity index (χ2v) is 5.52. The van der Waals surface area contributed by atoms with Gasteiger partial charge in [0.05, 0.1) is 16.8 Å². The molecule has 1 aromatic rings. The smallest absolute Gasteiger partial charge is 0.384 e. The van der Waals surface area contributed by atoms with E-state index in [0.29, 0.717) is 18.2 Å². The number of halogens is 3. The van der Waals surface area contributed by atoms with Crippen LogP contribution in [0.4, 0.5) is 18.9 Å². The first-order valence-electron chi connectivity index (χ1n) is 6.94. The van der Waals surface area contributed by atoms with Gasteiger partial charge < -0.3 is 10.2 Å². The summed E-state index contributed by atoms with van der Waals surface area (Å²) in [6.07, 6.45) is -2.20. The summed E-state index contributed by atoms with van der Waals surface area (Å²) in [5, 5.41) is 12.1. The molecule has 0 bridgehead atoms. The highest BCUT2D eigenvalue weighted by molar-refractivity contribution is 5.59. The Labute approximate surface area is 122 Å². The van der Waals surface area contributed by atoms with Crippen LogP contribution >= 0.6 is 0 Å². The molecule has 0 radical (unpaired) electrons. The number of hydrogen-bond acceptors (Lipinski definition) is 3. The van der Waals surface area contributed by atoms with Gasteiger partial charge in [0.1, 0.15) is 6.07 Å². The van der Waals surface area contributed by atoms with Gasteiger partial charge in [0.25, 0.3) is 0 Å². The molecular weight excluding hydrogens is 279 g/mol. The first-order valence-corrected chi connectivity index (χ1v) is 6.94. The van der Waals surface area contributed by atoms with E-state index >= 15 is 0 Å². The molecule has 1 heterocycles. The van der Waals surface area contributed by atoms with Crippen LogP contribution in [0.25, 0.3) is 0 Å². The Morgan fingerprint density at radius 1 is 1.43 bits per heavy atom. The second-order valence-electron chi connectivity index (χ2n) is 5.52. The fraction of sp³-hybridized carbons (Fsp3) is 0.533. The zero-order valence-corrected chi connectivity index (χ0v) is 11.9. The fourth-order valence-corrected chi connectivity index (χ4v) is 2.66. The molecule has 1 saturated heterocycles. The maximum absolute atomic E-state index is 12.6. The summed E-state index contributed by atoms with van der Waals surface area (Å²) in [7, 11) is 2.06. The third-order valence-corrected chi connectivity index (χ3v) is 3.77. The molecule has 1 aliphatic heterocycles. The maximum Gasteiger partial charge on any atom is 0.416 e. The fourth-order valence-electron chi connectivity index (χ4n) is 2.66. The van der Waals surface area contributed by atoms with Crippen molar-refractivity contribution < 1.29 is 13.2 Å². The van der Waals surface area contributed by atoms with Gasteiger partial charge in [0, 0.05) is 13.1 Å². The summed E-state index contributed by atoms with van der Waals surface area (Å²) in [4.78, 5) is 2.24. The molecule has 0 saturated carbocycles. The van der Waals surface area contributed by atoms with E-state index < -0.39 is 11.7 Å². The number of nitriles is 1. The summed E-state index contributed by atoms with van der Waals surface area (Å²) >= 11 is 0. The Morgan fingerprint density at radius 3 is 2.81 bits per heavy atom. The summed E-state index contributed by atoms with van der Waals surface area (Å²) in [6.45, 7) is 2.72. The van der Waals surface area contributed by atoms with E-state index in [0.717, 1.165) is 38.1 Å².